The second kappa shape index (κ2) is 5.85. The largest absolute Gasteiger partial charge is 0.390 e. The minimum atomic E-state index is -0.691. The third kappa shape index (κ3) is 3.81. The summed E-state index contributed by atoms with van der Waals surface area (Å²) in [5, 5.41) is 9.86. The molecule has 1 aromatic heterocycles. The summed E-state index contributed by atoms with van der Waals surface area (Å²) in [6.45, 7) is 4.49. The second-order valence-electron chi connectivity index (χ2n) is 5.89. The van der Waals surface area contributed by atoms with Crippen molar-refractivity contribution < 1.29 is 9.90 Å². The number of amides is 1. The minimum absolute atomic E-state index is 0.0319. The summed E-state index contributed by atoms with van der Waals surface area (Å²) in [4.78, 5) is 41.3. The molecule has 0 bridgehead atoms. The lowest BCUT2D eigenvalue weighted by Gasteiger charge is -2.35. The summed E-state index contributed by atoms with van der Waals surface area (Å²) in [6, 6.07) is 0. The van der Waals surface area contributed by atoms with Crippen LogP contribution in [0.5, 0.6) is 0 Å². The SMILES string of the molecule is Cc1[nH]c(=O)[nH]c(=O)c1CCC(=O)N1CCC(C)(O)CC1. The summed E-state index contributed by atoms with van der Waals surface area (Å²) in [7, 11) is 0. The van der Waals surface area contributed by atoms with Crippen LogP contribution in [-0.4, -0.2) is 44.6 Å². The van der Waals surface area contributed by atoms with Crippen molar-refractivity contribution in [1.82, 2.24) is 14.9 Å². The van der Waals surface area contributed by atoms with Crippen molar-refractivity contribution in [2.75, 3.05) is 13.1 Å². The normalized spacial score (nSPS) is 17.8. The van der Waals surface area contributed by atoms with Gasteiger partial charge in [0, 0.05) is 30.8 Å². The molecule has 1 aliphatic heterocycles. The minimum Gasteiger partial charge on any atom is -0.390 e. The zero-order valence-corrected chi connectivity index (χ0v) is 12.4. The summed E-state index contributed by atoms with van der Waals surface area (Å²) >= 11 is 0. The third-order valence-electron chi connectivity index (χ3n) is 4.04. The predicted molar refractivity (Wildman–Crippen MR) is 77.2 cm³/mol. The highest BCUT2D eigenvalue weighted by Gasteiger charge is 2.29. The molecule has 3 N–H and O–H groups in total. The van der Waals surface area contributed by atoms with Crippen LogP contribution in [0.4, 0.5) is 0 Å². The molecule has 0 atom stereocenters. The highest BCUT2D eigenvalue weighted by molar-refractivity contribution is 5.76. The molecule has 1 amide bonds. The fraction of sp³-hybridized carbons (Fsp3) is 0.643. The van der Waals surface area contributed by atoms with E-state index in [2.05, 4.69) is 9.97 Å². The van der Waals surface area contributed by atoms with Crippen molar-refractivity contribution >= 4 is 5.91 Å². The summed E-state index contributed by atoms with van der Waals surface area (Å²) in [6.07, 6.45) is 1.65. The first-order valence-electron chi connectivity index (χ1n) is 7.11. The van der Waals surface area contributed by atoms with Gasteiger partial charge in [0.15, 0.2) is 0 Å². The zero-order valence-electron chi connectivity index (χ0n) is 12.4. The molecule has 1 saturated heterocycles. The van der Waals surface area contributed by atoms with Gasteiger partial charge in [-0.1, -0.05) is 0 Å². The molecule has 7 nitrogen and oxygen atoms in total. The van der Waals surface area contributed by atoms with Crippen molar-refractivity contribution in [1.29, 1.82) is 0 Å². The van der Waals surface area contributed by atoms with Gasteiger partial charge in [0.05, 0.1) is 5.60 Å². The Labute approximate surface area is 122 Å². The van der Waals surface area contributed by atoms with E-state index in [1.807, 2.05) is 0 Å². The molecular weight excluding hydrogens is 274 g/mol. The molecule has 0 radical (unpaired) electrons. The van der Waals surface area contributed by atoms with Gasteiger partial charge in [-0.3, -0.25) is 14.6 Å². The molecule has 0 unspecified atom stereocenters. The molecule has 1 fully saturated rings. The first-order chi connectivity index (χ1) is 9.78. The molecule has 2 rings (SSSR count). The van der Waals surface area contributed by atoms with E-state index in [-0.39, 0.29) is 12.3 Å². The summed E-state index contributed by atoms with van der Waals surface area (Å²) < 4.78 is 0. The Morgan fingerprint density at radius 3 is 2.48 bits per heavy atom. The first kappa shape index (κ1) is 15.5. The predicted octanol–water partition coefficient (Wildman–Crippen LogP) is -0.322. The van der Waals surface area contributed by atoms with Gasteiger partial charge in [0.25, 0.3) is 5.56 Å². The number of likely N-dealkylation sites (tertiary alicyclic amines) is 1. The average Bonchev–Trinajstić information content (AvgIpc) is 2.37. The standard InChI is InChI=1S/C14H21N3O4/c1-9-10(12(19)16-13(20)15-9)3-4-11(18)17-7-5-14(2,21)6-8-17/h21H,3-8H2,1-2H3,(H2,15,16,19,20). The van der Waals surface area contributed by atoms with E-state index < -0.39 is 16.9 Å². The van der Waals surface area contributed by atoms with E-state index in [9.17, 15) is 19.5 Å². The quantitative estimate of drug-likeness (QED) is 0.710. The van der Waals surface area contributed by atoms with Crippen LogP contribution in [0, 0.1) is 6.92 Å². The van der Waals surface area contributed by atoms with Crippen LogP contribution < -0.4 is 11.2 Å². The van der Waals surface area contributed by atoms with Gasteiger partial charge in [-0.25, -0.2) is 4.79 Å². The molecule has 0 aromatic carbocycles. The number of rotatable bonds is 3. The Kier molecular flexibility index (Phi) is 4.32. The fourth-order valence-corrected chi connectivity index (χ4v) is 2.55. The molecule has 0 spiro atoms. The number of aliphatic hydroxyl groups is 1. The number of aromatic amines is 2. The highest BCUT2D eigenvalue weighted by atomic mass is 16.3. The van der Waals surface area contributed by atoms with Crippen LogP contribution >= 0.6 is 0 Å². The molecule has 116 valence electrons. The molecular formula is C14H21N3O4. The highest BCUT2D eigenvalue weighted by Crippen LogP contribution is 2.21. The zero-order chi connectivity index (χ0) is 15.6. The van der Waals surface area contributed by atoms with Crippen LogP contribution in [0.3, 0.4) is 0 Å². The van der Waals surface area contributed by atoms with Crippen LogP contribution in [-0.2, 0) is 11.2 Å². The van der Waals surface area contributed by atoms with Gasteiger partial charge in [-0.2, -0.15) is 0 Å². The van der Waals surface area contributed by atoms with Gasteiger partial charge < -0.3 is 15.0 Å². The second-order valence-corrected chi connectivity index (χ2v) is 5.89. The monoisotopic (exact) mass is 295 g/mol. The van der Waals surface area contributed by atoms with Crippen LogP contribution in [0.15, 0.2) is 9.59 Å². The maximum Gasteiger partial charge on any atom is 0.325 e. The van der Waals surface area contributed by atoms with Gasteiger partial charge >= 0.3 is 5.69 Å². The lowest BCUT2D eigenvalue weighted by Crippen LogP contribution is -2.45. The molecule has 1 aromatic rings. The number of aromatic nitrogens is 2. The molecule has 0 saturated carbocycles. The van der Waals surface area contributed by atoms with E-state index in [0.29, 0.717) is 43.6 Å². The number of carbonyl (C=O) groups excluding carboxylic acids is 1. The summed E-state index contributed by atoms with van der Waals surface area (Å²) in [5.74, 6) is -0.0319. The first-order valence-corrected chi connectivity index (χ1v) is 7.11. The number of nitrogens with one attached hydrogen (secondary N) is 2. The number of carbonyl (C=O) groups is 1. The topological polar surface area (TPSA) is 106 Å². The van der Waals surface area contributed by atoms with E-state index in [4.69, 9.17) is 0 Å². The van der Waals surface area contributed by atoms with Crippen molar-refractivity contribution in [2.45, 2.75) is 45.1 Å². The van der Waals surface area contributed by atoms with E-state index in [1.165, 1.54) is 0 Å². The van der Waals surface area contributed by atoms with E-state index >= 15 is 0 Å². The van der Waals surface area contributed by atoms with Crippen LogP contribution in [0.2, 0.25) is 0 Å². The Morgan fingerprint density at radius 2 is 1.90 bits per heavy atom. The molecule has 1 aliphatic rings. The van der Waals surface area contributed by atoms with Crippen LogP contribution in [0.1, 0.15) is 37.4 Å². The lowest BCUT2D eigenvalue weighted by atomic mass is 9.93. The number of hydrogen-bond acceptors (Lipinski definition) is 4. The maximum absolute atomic E-state index is 12.1. The Hall–Kier alpha value is -1.89. The lowest BCUT2D eigenvalue weighted by molar-refractivity contribution is -0.134. The smallest absolute Gasteiger partial charge is 0.325 e. The van der Waals surface area contributed by atoms with Crippen molar-refractivity contribution in [2.24, 2.45) is 0 Å². The van der Waals surface area contributed by atoms with Gasteiger partial charge in [-0.05, 0) is 33.1 Å². The Bertz CT molecular complexity index is 634. The summed E-state index contributed by atoms with van der Waals surface area (Å²) in [5.41, 5.74) is -0.731. The number of aryl methyl sites for hydroxylation is 1. The van der Waals surface area contributed by atoms with Crippen molar-refractivity contribution in [3.05, 3.63) is 32.1 Å². The number of piperidine rings is 1. The molecule has 7 heteroatoms. The van der Waals surface area contributed by atoms with Gasteiger partial charge in [0.2, 0.25) is 5.91 Å². The number of nitrogens with zero attached hydrogens (tertiary/aromatic N) is 1. The van der Waals surface area contributed by atoms with Crippen molar-refractivity contribution in [3.63, 3.8) is 0 Å². The average molecular weight is 295 g/mol. The van der Waals surface area contributed by atoms with Crippen molar-refractivity contribution in [3.8, 4) is 0 Å². The number of H-pyrrole nitrogens is 2. The number of hydrogen-bond donors (Lipinski definition) is 3. The fourth-order valence-electron chi connectivity index (χ4n) is 2.55. The van der Waals surface area contributed by atoms with E-state index in [0.717, 1.165) is 0 Å². The van der Waals surface area contributed by atoms with Gasteiger partial charge in [0.1, 0.15) is 0 Å². The van der Waals surface area contributed by atoms with Crippen LogP contribution in [0.25, 0.3) is 0 Å². The Morgan fingerprint density at radius 1 is 1.29 bits per heavy atom. The molecule has 21 heavy (non-hydrogen) atoms. The Balaban J connectivity index is 1.96. The van der Waals surface area contributed by atoms with Gasteiger partial charge in [-0.15, -0.1) is 0 Å². The maximum atomic E-state index is 12.1. The van der Waals surface area contributed by atoms with E-state index in [1.54, 1.807) is 18.7 Å². The molecule has 2 heterocycles. The molecule has 0 aliphatic carbocycles. The third-order valence-corrected chi connectivity index (χ3v) is 4.04.